The number of para-hydroxylation sites is 1. The number of aryl methyl sites for hydroxylation is 1. The van der Waals surface area contributed by atoms with Gasteiger partial charge in [-0.3, -0.25) is 20.4 Å². The van der Waals surface area contributed by atoms with E-state index in [1.807, 2.05) is 91.9 Å². The number of hydrogen-bond acceptors (Lipinski definition) is 3. The summed E-state index contributed by atoms with van der Waals surface area (Å²) in [5, 5.41) is 4.62. The van der Waals surface area contributed by atoms with Gasteiger partial charge in [-0.05, 0) is 24.6 Å². The average molecular weight is 410 g/mol. The fraction of sp³-hybridized carbons (Fsp3) is 0.0800. The van der Waals surface area contributed by atoms with Crippen molar-refractivity contribution >= 4 is 11.8 Å². The van der Waals surface area contributed by atoms with E-state index in [9.17, 15) is 9.59 Å². The topological polar surface area (TPSA) is 76.0 Å². The SMILES string of the molecule is Cc1ccc(CC(=O)NNC(=O)c2cn(-c3ccccc3)nc2-c2ccccc2)cc1. The van der Waals surface area contributed by atoms with Gasteiger partial charge >= 0.3 is 0 Å². The Hall–Kier alpha value is -4.19. The summed E-state index contributed by atoms with van der Waals surface area (Å²) in [6, 6.07) is 26.7. The van der Waals surface area contributed by atoms with Crippen molar-refractivity contribution in [3.05, 3.63) is 108 Å². The molecule has 1 aromatic heterocycles. The van der Waals surface area contributed by atoms with Gasteiger partial charge in [-0.1, -0.05) is 78.4 Å². The molecule has 0 bridgehead atoms. The molecule has 3 aromatic carbocycles. The molecule has 0 aliphatic carbocycles. The van der Waals surface area contributed by atoms with Crippen LogP contribution in [0.5, 0.6) is 0 Å². The van der Waals surface area contributed by atoms with Gasteiger partial charge in [0, 0.05) is 11.8 Å². The van der Waals surface area contributed by atoms with Crippen LogP contribution in [0.3, 0.4) is 0 Å². The van der Waals surface area contributed by atoms with Crippen molar-refractivity contribution in [2.45, 2.75) is 13.3 Å². The molecule has 4 aromatic rings. The molecule has 0 aliphatic rings. The molecule has 0 saturated heterocycles. The summed E-state index contributed by atoms with van der Waals surface area (Å²) in [7, 11) is 0. The van der Waals surface area contributed by atoms with Crippen molar-refractivity contribution in [1.29, 1.82) is 0 Å². The number of rotatable bonds is 5. The lowest BCUT2D eigenvalue weighted by Gasteiger charge is -2.08. The second-order valence-electron chi connectivity index (χ2n) is 7.20. The van der Waals surface area contributed by atoms with Crippen LogP contribution in [-0.4, -0.2) is 21.6 Å². The highest BCUT2D eigenvalue weighted by Gasteiger charge is 2.19. The van der Waals surface area contributed by atoms with Gasteiger partial charge in [0.15, 0.2) is 0 Å². The predicted octanol–water partition coefficient (Wildman–Crippen LogP) is 3.85. The molecule has 0 unspecified atom stereocenters. The van der Waals surface area contributed by atoms with Gasteiger partial charge < -0.3 is 0 Å². The Morgan fingerprint density at radius 3 is 2.16 bits per heavy atom. The molecule has 31 heavy (non-hydrogen) atoms. The van der Waals surface area contributed by atoms with E-state index in [0.717, 1.165) is 22.4 Å². The van der Waals surface area contributed by atoms with E-state index in [1.54, 1.807) is 10.9 Å². The summed E-state index contributed by atoms with van der Waals surface area (Å²) in [5.41, 5.74) is 9.56. The first-order valence-corrected chi connectivity index (χ1v) is 9.95. The minimum Gasteiger partial charge on any atom is -0.273 e. The lowest BCUT2D eigenvalue weighted by atomic mass is 10.1. The van der Waals surface area contributed by atoms with Gasteiger partial charge in [0.25, 0.3) is 5.91 Å². The Bertz CT molecular complexity index is 1180. The quantitative estimate of drug-likeness (QED) is 0.491. The van der Waals surface area contributed by atoms with Crippen molar-refractivity contribution in [3.8, 4) is 16.9 Å². The molecule has 0 aliphatic heterocycles. The minimum absolute atomic E-state index is 0.176. The molecular weight excluding hydrogens is 388 g/mol. The third kappa shape index (κ3) is 4.87. The van der Waals surface area contributed by atoms with E-state index < -0.39 is 5.91 Å². The van der Waals surface area contributed by atoms with Crippen molar-refractivity contribution in [1.82, 2.24) is 20.6 Å². The number of benzene rings is 3. The van der Waals surface area contributed by atoms with Crippen molar-refractivity contribution in [2.24, 2.45) is 0 Å². The van der Waals surface area contributed by atoms with Crippen LogP contribution in [-0.2, 0) is 11.2 Å². The molecule has 154 valence electrons. The van der Waals surface area contributed by atoms with Gasteiger partial charge in [0.1, 0.15) is 5.69 Å². The lowest BCUT2D eigenvalue weighted by molar-refractivity contribution is -0.121. The molecule has 2 N–H and O–H groups in total. The van der Waals surface area contributed by atoms with E-state index in [4.69, 9.17) is 0 Å². The number of carbonyl (C=O) groups is 2. The number of nitrogens with zero attached hydrogens (tertiary/aromatic N) is 2. The predicted molar refractivity (Wildman–Crippen MR) is 119 cm³/mol. The van der Waals surface area contributed by atoms with Crippen molar-refractivity contribution in [2.75, 3.05) is 0 Å². The maximum Gasteiger partial charge on any atom is 0.273 e. The van der Waals surface area contributed by atoms with Crippen LogP contribution in [0.2, 0.25) is 0 Å². The van der Waals surface area contributed by atoms with Crippen LogP contribution < -0.4 is 10.9 Å². The smallest absolute Gasteiger partial charge is 0.273 e. The maximum absolute atomic E-state index is 12.9. The number of hydrogen-bond donors (Lipinski definition) is 2. The average Bonchev–Trinajstić information content (AvgIpc) is 3.26. The zero-order valence-electron chi connectivity index (χ0n) is 17.1. The Balaban J connectivity index is 1.53. The first-order valence-electron chi connectivity index (χ1n) is 9.95. The van der Waals surface area contributed by atoms with Crippen LogP contribution in [0.15, 0.2) is 91.1 Å². The molecule has 0 radical (unpaired) electrons. The zero-order valence-corrected chi connectivity index (χ0v) is 17.1. The summed E-state index contributed by atoms with van der Waals surface area (Å²) in [6.07, 6.45) is 1.84. The van der Waals surface area contributed by atoms with Crippen LogP contribution in [0, 0.1) is 6.92 Å². The third-order valence-electron chi connectivity index (χ3n) is 4.83. The van der Waals surface area contributed by atoms with Crippen molar-refractivity contribution < 1.29 is 9.59 Å². The monoisotopic (exact) mass is 410 g/mol. The van der Waals surface area contributed by atoms with E-state index in [-0.39, 0.29) is 12.3 Å². The molecule has 0 fully saturated rings. The fourth-order valence-corrected chi connectivity index (χ4v) is 3.19. The molecule has 4 rings (SSSR count). The molecule has 0 saturated carbocycles. The molecule has 6 nitrogen and oxygen atoms in total. The summed E-state index contributed by atoms with van der Waals surface area (Å²) >= 11 is 0. The Labute approximate surface area is 180 Å². The Morgan fingerprint density at radius 2 is 1.48 bits per heavy atom. The van der Waals surface area contributed by atoms with Crippen LogP contribution in [0.4, 0.5) is 0 Å². The van der Waals surface area contributed by atoms with Gasteiger partial charge in [-0.15, -0.1) is 0 Å². The van der Waals surface area contributed by atoms with Gasteiger partial charge in [-0.25, -0.2) is 4.68 Å². The standard InChI is InChI=1S/C25H22N4O2/c1-18-12-14-19(15-13-18)16-23(30)26-27-25(31)22-17-29(21-10-6-3-7-11-21)28-24(22)20-8-4-2-5-9-20/h2-15,17H,16H2,1H3,(H,26,30)(H,27,31). The Kier molecular flexibility index (Phi) is 5.89. The van der Waals surface area contributed by atoms with Gasteiger partial charge in [0.2, 0.25) is 5.91 Å². The van der Waals surface area contributed by atoms with Crippen LogP contribution in [0.25, 0.3) is 16.9 Å². The van der Waals surface area contributed by atoms with Gasteiger partial charge in [-0.2, -0.15) is 5.10 Å². The largest absolute Gasteiger partial charge is 0.273 e. The number of amides is 2. The van der Waals surface area contributed by atoms with E-state index in [2.05, 4.69) is 16.0 Å². The second kappa shape index (κ2) is 9.09. The maximum atomic E-state index is 12.9. The normalized spacial score (nSPS) is 10.5. The van der Waals surface area contributed by atoms with E-state index in [1.165, 1.54) is 0 Å². The molecule has 2 amide bonds. The fourth-order valence-electron chi connectivity index (χ4n) is 3.19. The summed E-state index contributed by atoms with van der Waals surface area (Å²) < 4.78 is 1.66. The molecule has 0 atom stereocenters. The number of nitrogens with one attached hydrogen (secondary N) is 2. The number of hydrazine groups is 1. The highest BCUT2D eigenvalue weighted by molar-refractivity contribution is 6.00. The first kappa shape index (κ1) is 20.1. The van der Waals surface area contributed by atoms with Crippen LogP contribution >= 0.6 is 0 Å². The summed E-state index contributed by atoms with van der Waals surface area (Å²) in [4.78, 5) is 25.2. The zero-order chi connectivity index (χ0) is 21.6. The molecule has 6 heteroatoms. The molecular formula is C25H22N4O2. The van der Waals surface area contributed by atoms with Crippen molar-refractivity contribution in [3.63, 3.8) is 0 Å². The highest BCUT2D eigenvalue weighted by Crippen LogP contribution is 2.23. The minimum atomic E-state index is -0.432. The number of aromatic nitrogens is 2. The molecule has 1 heterocycles. The first-order chi connectivity index (χ1) is 15.1. The van der Waals surface area contributed by atoms with E-state index in [0.29, 0.717) is 11.3 Å². The van der Waals surface area contributed by atoms with Crippen LogP contribution in [0.1, 0.15) is 21.5 Å². The third-order valence-corrected chi connectivity index (χ3v) is 4.83. The lowest BCUT2D eigenvalue weighted by Crippen LogP contribution is -2.42. The highest BCUT2D eigenvalue weighted by atomic mass is 16.2. The van der Waals surface area contributed by atoms with Gasteiger partial charge in [0.05, 0.1) is 17.7 Å². The number of carbonyl (C=O) groups excluding carboxylic acids is 2. The summed E-state index contributed by atoms with van der Waals surface area (Å²) in [6.45, 7) is 1.99. The molecule has 0 spiro atoms. The summed E-state index contributed by atoms with van der Waals surface area (Å²) in [5.74, 6) is -0.729. The van der Waals surface area contributed by atoms with E-state index >= 15 is 0 Å². The Morgan fingerprint density at radius 1 is 0.839 bits per heavy atom. The second-order valence-corrected chi connectivity index (χ2v) is 7.20.